The molecule has 88 valence electrons. The standard InChI is InChI=1S/C9H15N5O2/c1-5-9(11)6(2)14(13-5)4-8(16)12-3-7(10)15/h3-4,11H2,1-2H3,(H2,10,15)(H,12,16). The topological polar surface area (TPSA) is 116 Å². The molecular formula is C9H15N5O2. The lowest BCUT2D eigenvalue weighted by atomic mass is 10.3. The van der Waals surface area contributed by atoms with Crippen LogP contribution >= 0.6 is 0 Å². The Morgan fingerprint density at radius 2 is 2.06 bits per heavy atom. The summed E-state index contributed by atoms with van der Waals surface area (Å²) in [7, 11) is 0. The van der Waals surface area contributed by atoms with Crippen molar-refractivity contribution >= 4 is 17.5 Å². The van der Waals surface area contributed by atoms with Crippen molar-refractivity contribution in [3.05, 3.63) is 11.4 Å². The minimum absolute atomic E-state index is 0.0250. The predicted molar refractivity (Wildman–Crippen MR) is 58.3 cm³/mol. The molecule has 2 amide bonds. The summed E-state index contributed by atoms with van der Waals surface area (Å²) in [5, 5.41) is 6.46. The summed E-state index contributed by atoms with van der Waals surface area (Å²) < 4.78 is 1.49. The molecule has 1 rings (SSSR count). The van der Waals surface area contributed by atoms with E-state index >= 15 is 0 Å². The number of carbonyl (C=O) groups is 2. The minimum atomic E-state index is -0.582. The van der Waals surface area contributed by atoms with Crippen LogP contribution in [0.4, 0.5) is 5.69 Å². The third-order valence-electron chi connectivity index (χ3n) is 2.19. The average Bonchev–Trinajstić information content (AvgIpc) is 2.43. The molecule has 5 N–H and O–H groups in total. The second-order valence-electron chi connectivity index (χ2n) is 3.49. The zero-order chi connectivity index (χ0) is 12.3. The number of aryl methyl sites for hydroxylation is 1. The summed E-state index contributed by atoms with van der Waals surface area (Å²) in [5.74, 6) is -0.911. The van der Waals surface area contributed by atoms with Crippen molar-refractivity contribution in [3.8, 4) is 0 Å². The predicted octanol–water partition coefficient (Wildman–Crippen LogP) is -1.32. The van der Waals surface area contributed by atoms with Gasteiger partial charge in [0.2, 0.25) is 11.8 Å². The smallest absolute Gasteiger partial charge is 0.242 e. The van der Waals surface area contributed by atoms with E-state index in [1.54, 1.807) is 13.8 Å². The van der Waals surface area contributed by atoms with Crippen LogP contribution in [0.2, 0.25) is 0 Å². The Labute approximate surface area is 92.8 Å². The van der Waals surface area contributed by atoms with Gasteiger partial charge in [-0.3, -0.25) is 14.3 Å². The molecule has 0 bridgehead atoms. The fraction of sp³-hybridized carbons (Fsp3) is 0.444. The van der Waals surface area contributed by atoms with Crippen molar-refractivity contribution in [1.29, 1.82) is 0 Å². The van der Waals surface area contributed by atoms with Gasteiger partial charge in [0.1, 0.15) is 6.54 Å². The molecule has 0 saturated heterocycles. The quantitative estimate of drug-likeness (QED) is 0.589. The fourth-order valence-electron chi connectivity index (χ4n) is 1.24. The van der Waals surface area contributed by atoms with Crippen LogP contribution in [0, 0.1) is 13.8 Å². The molecule has 0 fully saturated rings. The Balaban J connectivity index is 2.63. The van der Waals surface area contributed by atoms with E-state index in [1.165, 1.54) is 4.68 Å². The third-order valence-corrected chi connectivity index (χ3v) is 2.19. The number of primary amides is 1. The first kappa shape index (κ1) is 12.0. The molecule has 7 nitrogen and oxygen atoms in total. The zero-order valence-electron chi connectivity index (χ0n) is 9.28. The molecule has 1 aromatic rings. The van der Waals surface area contributed by atoms with Gasteiger partial charge in [-0.25, -0.2) is 0 Å². The molecule has 16 heavy (non-hydrogen) atoms. The molecule has 0 spiro atoms. The van der Waals surface area contributed by atoms with E-state index in [9.17, 15) is 9.59 Å². The number of hydrogen-bond acceptors (Lipinski definition) is 4. The zero-order valence-corrected chi connectivity index (χ0v) is 9.28. The number of nitrogens with one attached hydrogen (secondary N) is 1. The highest BCUT2D eigenvalue weighted by Gasteiger charge is 2.11. The van der Waals surface area contributed by atoms with Gasteiger partial charge < -0.3 is 16.8 Å². The van der Waals surface area contributed by atoms with Gasteiger partial charge in [0.25, 0.3) is 0 Å². The lowest BCUT2D eigenvalue weighted by molar-refractivity contribution is -0.125. The van der Waals surface area contributed by atoms with Gasteiger partial charge in [-0.2, -0.15) is 5.10 Å². The number of rotatable bonds is 4. The van der Waals surface area contributed by atoms with Gasteiger partial charge in [0.05, 0.1) is 23.6 Å². The first-order chi connectivity index (χ1) is 7.41. The normalized spacial score (nSPS) is 10.1. The Bertz CT molecular complexity index is 424. The summed E-state index contributed by atoms with van der Waals surface area (Å²) in [4.78, 5) is 21.8. The number of aromatic nitrogens is 2. The van der Waals surface area contributed by atoms with Crippen molar-refractivity contribution in [1.82, 2.24) is 15.1 Å². The van der Waals surface area contributed by atoms with E-state index in [1.807, 2.05) is 0 Å². The first-order valence-corrected chi connectivity index (χ1v) is 4.76. The van der Waals surface area contributed by atoms with Gasteiger partial charge >= 0.3 is 0 Å². The molecule has 0 unspecified atom stereocenters. The van der Waals surface area contributed by atoms with Gasteiger partial charge in [-0.05, 0) is 13.8 Å². The number of amides is 2. The number of anilines is 1. The highest BCUT2D eigenvalue weighted by Crippen LogP contribution is 2.14. The minimum Gasteiger partial charge on any atom is -0.396 e. The molecule has 7 heteroatoms. The van der Waals surface area contributed by atoms with Crippen LogP contribution in [-0.2, 0) is 16.1 Å². The third kappa shape index (κ3) is 2.72. The number of nitrogens with two attached hydrogens (primary N) is 2. The van der Waals surface area contributed by atoms with Gasteiger partial charge in [0.15, 0.2) is 0 Å². The van der Waals surface area contributed by atoms with Crippen LogP contribution in [0.3, 0.4) is 0 Å². The van der Waals surface area contributed by atoms with Crippen LogP contribution in [-0.4, -0.2) is 28.1 Å². The maximum Gasteiger partial charge on any atom is 0.242 e. The lowest BCUT2D eigenvalue weighted by Gasteiger charge is -2.04. The molecule has 0 aromatic carbocycles. The summed E-state index contributed by atoms with van der Waals surface area (Å²) in [5.41, 5.74) is 12.6. The van der Waals surface area contributed by atoms with Gasteiger partial charge in [0, 0.05) is 0 Å². The Hall–Kier alpha value is -2.05. The largest absolute Gasteiger partial charge is 0.396 e. The summed E-state index contributed by atoms with van der Waals surface area (Å²) in [6, 6.07) is 0. The molecule has 1 aromatic heterocycles. The Morgan fingerprint density at radius 1 is 1.44 bits per heavy atom. The molecule has 0 radical (unpaired) electrons. The van der Waals surface area contributed by atoms with Crippen molar-refractivity contribution in [3.63, 3.8) is 0 Å². The van der Waals surface area contributed by atoms with E-state index in [2.05, 4.69) is 10.4 Å². The summed E-state index contributed by atoms with van der Waals surface area (Å²) >= 11 is 0. The van der Waals surface area contributed by atoms with E-state index in [0.717, 1.165) is 5.69 Å². The van der Waals surface area contributed by atoms with Crippen molar-refractivity contribution in [2.24, 2.45) is 5.73 Å². The van der Waals surface area contributed by atoms with Gasteiger partial charge in [-0.15, -0.1) is 0 Å². The van der Waals surface area contributed by atoms with Crippen molar-refractivity contribution < 1.29 is 9.59 Å². The maximum absolute atomic E-state index is 11.4. The van der Waals surface area contributed by atoms with E-state index in [4.69, 9.17) is 11.5 Å². The van der Waals surface area contributed by atoms with Crippen LogP contribution in [0.25, 0.3) is 0 Å². The number of nitrogens with zero attached hydrogens (tertiary/aromatic N) is 2. The lowest BCUT2D eigenvalue weighted by Crippen LogP contribution is -2.35. The van der Waals surface area contributed by atoms with E-state index in [-0.39, 0.29) is 19.0 Å². The Kier molecular flexibility index (Phi) is 3.49. The van der Waals surface area contributed by atoms with Crippen LogP contribution < -0.4 is 16.8 Å². The van der Waals surface area contributed by atoms with Gasteiger partial charge in [-0.1, -0.05) is 0 Å². The molecule has 0 aliphatic rings. The molecule has 0 aliphatic heterocycles. The van der Waals surface area contributed by atoms with Crippen LogP contribution in [0.1, 0.15) is 11.4 Å². The van der Waals surface area contributed by atoms with E-state index in [0.29, 0.717) is 11.4 Å². The highest BCUT2D eigenvalue weighted by atomic mass is 16.2. The second kappa shape index (κ2) is 4.65. The number of nitrogen functional groups attached to an aromatic ring is 1. The molecule has 1 heterocycles. The highest BCUT2D eigenvalue weighted by molar-refractivity contribution is 5.83. The Morgan fingerprint density at radius 3 is 2.50 bits per heavy atom. The van der Waals surface area contributed by atoms with Crippen LogP contribution in [0.15, 0.2) is 0 Å². The molecule has 0 saturated carbocycles. The summed E-state index contributed by atoms with van der Waals surface area (Å²) in [6.07, 6.45) is 0. The SMILES string of the molecule is Cc1nn(CC(=O)NCC(N)=O)c(C)c1N. The monoisotopic (exact) mass is 225 g/mol. The van der Waals surface area contributed by atoms with Crippen LogP contribution in [0.5, 0.6) is 0 Å². The van der Waals surface area contributed by atoms with Crippen molar-refractivity contribution in [2.75, 3.05) is 12.3 Å². The number of carbonyl (C=O) groups excluding carboxylic acids is 2. The van der Waals surface area contributed by atoms with E-state index < -0.39 is 5.91 Å². The number of hydrogen-bond donors (Lipinski definition) is 3. The molecule has 0 atom stereocenters. The molecule has 0 aliphatic carbocycles. The first-order valence-electron chi connectivity index (χ1n) is 4.76. The maximum atomic E-state index is 11.4. The summed E-state index contributed by atoms with van der Waals surface area (Å²) in [6.45, 7) is 3.39. The average molecular weight is 225 g/mol. The second-order valence-corrected chi connectivity index (χ2v) is 3.49. The fourth-order valence-corrected chi connectivity index (χ4v) is 1.24. The molecular weight excluding hydrogens is 210 g/mol. The van der Waals surface area contributed by atoms with Crippen molar-refractivity contribution in [2.45, 2.75) is 20.4 Å².